The molecule has 0 aliphatic heterocycles. The van der Waals surface area contributed by atoms with Gasteiger partial charge in [0.05, 0.1) is 17.1 Å². The number of rotatable bonds is 5. The minimum absolute atomic E-state index is 0.0447. The molecule has 7 heteroatoms. The van der Waals surface area contributed by atoms with Crippen molar-refractivity contribution in [1.29, 1.82) is 0 Å². The maximum absolute atomic E-state index is 13.0. The smallest absolute Gasteiger partial charge is 0.282 e. The van der Waals surface area contributed by atoms with Crippen LogP contribution in [-0.4, -0.2) is 26.1 Å². The molecule has 0 saturated heterocycles. The molecule has 0 aliphatic carbocycles. The predicted molar refractivity (Wildman–Crippen MR) is 114 cm³/mol. The molecular weight excluding hydrogens is 382 g/mol. The van der Waals surface area contributed by atoms with E-state index in [4.69, 9.17) is 4.74 Å². The van der Waals surface area contributed by atoms with E-state index < -0.39 is 0 Å². The van der Waals surface area contributed by atoms with Crippen LogP contribution >= 0.6 is 0 Å². The lowest BCUT2D eigenvalue weighted by molar-refractivity contribution is 0.287. The summed E-state index contributed by atoms with van der Waals surface area (Å²) in [6, 6.07) is 18.9. The van der Waals surface area contributed by atoms with E-state index in [1.165, 1.54) is 23.0 Å². The molecule has 7 nitrogen and oxygen atoms in total. The van der Waals surface area contributed by atoms with Gasteiger partial charge in [0.1, 0.15) is 12.4 Å². The van der Waals surface area contributed by atoms with Crippen molar-refractivity contribution >= 4 is 17.1 Å². The maximum atomic E-state index is 13.0. The van der Waals surface area contributed by atoms with Gasteiger partial charge in [-0.1, -0.05) is 30.3 Å². The molecule has 3 aromatic carbocycles. The van der Waals surface area contributed by atoms with Gasteiger partial charge in [-0.25, -0.2) is 4.98 Å². The van der Waals surface area contributed by atoms with Gasteiger partial charge in [-0.05, 0) is 54.4 Å². The van der Waals surface area contributed by atoms with Gasteiger partial charge in [-0.3, -0.25) is 4.79 Å². The van der Waals surface area contributed by atoms with Gasteiger partial charge in [0, 0.05) is 0 Å². The number of hydrogen-bond acceptors (Lipinski definition) is 6. The van der Waals surface area contributed by atoms with Crippen molar-refractivity contribution in [2.75, 3.05) is 0 Å². The maximum Gasteiger partial charge on any atom is 0.282 e. The fourth-order valence-corrected chi connectivity index (χ4v) is 2.99. The van der Waals surface area contributed by atoms with Crippen LogP contribution in [0.25, 0.3) is 10.9 Å². The third-order valence-corrected chi connectivity index (χ3v) is 4.59. The monoisotopic (exact) mass is 401 g/mol. The van der Waals surface area contributed by atoms with Gasteiger partial charge in [-0.15, -0.1) is 0 Å². The summed E-state index contributed by atoms with van der Waals surface area (Å²) in [7, 11) is 0. The number of phenolic OH excluding ortho intramolecular Hbond substituents is 2. The number of aromatic hydroxyl groups is 2. The van der Waals surface area contributed by atoms with Crippen molar-refractivity contribution in [3.05, 3.63) is 94.0 Å². The normalized spacial score (nSPS) is 11.2. The summed E-state index contributed by atoms with van der Waals surface area (Å²) in [6.07, 6.45) is 1.41. The minimum Gasteiger partial charge on any atom is -0.504 e. The van der Waals surface area contributed by atoms with E-state index in [2.05, 4.69) is 10.1 Å². The zero-order chi connectivity index (χ0) is 21.1. The second kappa shape index (κ2) is 8.08. The Kier molecular flexibility index (Phi) is 5.17. The van der Waals surface area contributed by atoms with Gasteiger partial charge in [0.25, 0.3) is 5.56 Å². The summed E-state index contributed by atoms with van der Waals surface area (Å²) in [5.41, 5.74) is 1.70. The number of fused-ring (bicyclic) bond motifs is 1. The van der Waals surface area contributed by atoms with Gasteiger partial charge in [-0.2, -0.15) is 9.78 Å². The van der Waals surface area contributed by atoms with E-state index >= 15 is 0 Å². The van der Waals surface area contributed by atoms with Crippen LogP contribution in [0.3, 0.4) is 0 Å². The first kappa shape index (κ1) is 19.2. The Bertz CT molecular complexity index is 1310. The zero-order valence-corrected chi connectivity index (χ0v) is 16.2. The van der Waals surface area contributed by atoms with Crippen molar-refractivity contribution < 1.29 is 14.9 Å². The highest BCUT2D eigenvalue weighted by atomic mass is 16.5. The number of aromatic nitrogens is 2. The van der Waals surface area contributed by atoms with Crippen LogP contribution in [0.15, 0.2) is 76.6 Å². The molecule has 0 saturated carbocycles. The highest BCUT2D eigenvalue weighted by molar-refractivity contribution is 5.81. The SMILES string of the molecule is Cc1ccccc1OCc1nc2ccccc2c(=O)n1N=Cc1ccc(O)c(O)c1. The largest absolute Gasteiger partial charge is 0.504 e. The minimum atomic E-state index is -0.330. The van der Waals surface area contributed by atoms with Gasteiger partial charge >= 0.3 is 0 Å². The highest BCUT2D eigenvalue weighted by Gasteiger charge is 2.12. The third kappa shape index (κ3) is 3.86. The Labute approximate surface area is 172 Å². The quantitative estimate of drug-likeness (QED) is 0.394. The number of hydrogen-bond donors (Lipinski definition) is 2. The molecule has 0 atom stereocenters. The first-order valence-corrected chi connectivity index (χ1v) is 9.28. The van der Waals surface area contributed by atoms with Crippen molar-refractivity contribution in [2.45, 2.75) is 13.5 Å². The van der Waals surface area contributed by atoms with Crippen molar-refractivity contribution in [3.8, 4) is 17.2 Å². The zero-order valence-electron chi connectivity index (χ0n) is 16.2. The second-order valence-corrected chi connectivity index (χ2v) is 6.71. The molecule has 0 aliphatic rings. The number of para-hydroxylation sites is 2. The third-order valence-electron chi connectivity index (χ3n) is 4.59. The van der Waals surface area contributed by atoms with Crippen LogP contribution in [0.5, 0.6) is 17.2 Å². The summed E-state index contributed by atoms with van der Waals surface area (Å²) >= 11 is 0. The molecule has 150 valence electrons. The lowest BCUT2D eigenvalue weighted by atomic mass is 10.2. The number of aryl methyl sites for hydroxylation is 1. The topological polar surface area (TPSA) is 96.9 Å². The van der Waals surface area contributed by atoms with Crippen LogP contribution in [0, 0.1) is 6.92 Å². The van der Waals surface area contributed by atoms with Crippen LogP contribution in [0.1, 0.15) is 17.0 Å². The van der Waals surface area contributed by atoms with Crippen LogP contribution in [-0.2, 0) is 6.61 Å². The molecule has 0 unspecified atom stereocenters. The Morgan fingerprint density at radius 1 is 1.03 bits per heavy atom. The highest BCUT2D eigenvalue weighted by Crippen LogP contribution is 2.24. The number of ether oxygens (including phenoxy) is 1. The van der Waals surface area contributed by atoms with Gasteiger partial charge in [0.15, 0.2) is 17.3 Å². The lowest BCUT2D eigenvalue weighted by Gasteiger charge is -2.12. The lowest BCUT2D eigenvalue weighted by Crippen LogP contribution is -2.23. The molecule has 0 radical (unpaired) electrons. The Hall–Kier alpha value is -4.13. The molecule has 1 heterocycles. The van der Waals surface area contributed by atoms with E-state index in [1.807, 2.05) is 37.3 Å². The van der Waals surface area contributed by atoms with E-state index in [0.717, 1.165) is 5.56 Å². The molecule has 4 rings (SSSR count). The molecule has 0 spiro atoms. The molecular formula is C23H19N3O4. The average molecular weight is 401 g/mol. The van der Waals surface area contributed by atoms with Crippen molar-refractivity contribution in [3.63, 3.8) is 0 Å². The molecule has 2 N–H and O–H groups in total. The van der Waals surface area contributed by atoms with Gasteiger partial charge < -0.3 is 14.9 Å². The first-order chi connectivity index (χ1) is 14.5. The van der Waals surface area contributed by atoms with Crippen LogP contribution in [0.4, 0.5) is 0 Å². The summed E-state index contributed by atoms with van der Waals surface area (Å²) in [4.78, 5) is 17.6. The second-order valence-electron chi connectivity index (χ2n) is 6.71. The fourth-order valence-electron chi connectivity index (χ4n) is 2.99. The van der Waals surface area contributed by atoms with Crippen molar-refractivity contribution in [2.24, 2.45) is 5.10 Å². The Morgan fingerprint density at radius 2 is 1.80 bits per heavy atom. The Balaban J connectivity index is 1.75. The van der Waals surface area contributed by atoms with Gasteiger partial charge in [0.2, 0.25) is 0 Å². The molecule has 30 heavy (non-hydrogen) atoms. The summed E-state index contributed by atoms with van der Waals surface area (Å²) < 4.78 is 7.07. The number of benzene rings is 3. The van der Waals surface area contributed by atoms with Crippen LogP contribution in [0.2, 0.25) is 0 Å². The van der Waals surface area contributed by atoms with E-state index in [9.17, 15) is 15.0 Å². The fraction of sp³-hybridized carbons (Fsp3) is 0.0870. The number of nitrogens with zero attached hydrogens (tertiary/aromatic N) is 3. The van der Waals surface area contributed by atoms with Crippen LogP contribution < -0.4 is 10.3 Å². The molecule has 1 aromatic heterocycles. The molecule has 0 bridgehead atoms. The van der Waals surface area contributed by atoms with Crippen molar-refractivity contribution in [1.82, 2.24) is 9.66 Å². The standard InChI is InChI=1S/C23H19N3O4/c1-15-6-2-5-9-21(15)30-14-22-25-18-8-4-3-7-17(18)23(29)26(22)24-13-16-10-11-19(27)20(28)12-16/h2-13,27-28H,14H2,1H3. The first-order valence-electron chi connectivity index (χ1n) is 9.28. The van der Waals surface area contributed by atoms with E-state index in [0.29, 0.717) is 28.0 Å². The summed E-state index contributed by atoms with van der Waals surface area (Å²) in [6.45, 7) is 1.98. The number of phenols is 2. The molecule has 4 aromatic rings. The summed E-state index contributed by atoms with van der Waals surface area (Å²) in [5.74, 6) is 0.523. The predicted octanol–water partition coefficient (Wildman–Crippen LogP) is 3.58. The molecule has 0 amide bonds. The average Bonchev–Trinajstić information content (AvgIpc) is 2.75. The summed E-state index contributed by atoms with van der Waals surface area (Å²) in [5, 5.41) is 23.8. The van der Waals surface area contributed by atoms with E-state index in [1.54, 1.807) is 24.3 Å². The Morgan fingerprint density at radius 3 is 2.60 bits per heavy atom. The van der Waals surface area contributed by atoms with E-state index in [-0.39, 0.29) is 23.7 Å². The molecule has 0 fully saturated rings.